The Hall–Kier alpha value is -1.56. The van der Waals surface area contributed by atoms with Crippen molar-refractivity contribution >= 4 is 29.9 Å². The van der Waals surface area contributed by atoms with Crippen LogP contribution in [0.4, 0.5) is 0 Å². The summed E-state index contributed by atoms with van der Waals surface area (Å²) in [5.41, 5.74) is 7.26. The van der Waals surface area contributed by atoms with Crippen molar-refractivity contribution in [2.75, 3.05) is 13.6 Å². The van der Waals surface area contributed by atoms with Crippen molar-refractivity contribution in [1.82, 2.24) is 14.7 Å². The van der Waals surface area contributed by atoms with Crippen molar-refractivity contribution < 1.29 is 4.79 Å². The van der Waals surface area contributed by atoms with E-state index in [1.807, 2.05) is 12.1 Å². The van der Waals surface area contributed by atoms with E-state index >= 15 is 0 Å². The normalized spacial score (nSPS) is 11.9. The number of aromatic nitrogens is 2. The molecule has 2 N–H and O–H groups in total. The summed E-state index contributed by atoms with van der Waals surface area (Å²) in [6, 6.07) is 9.13. The van der Waals surface area contributed by atoms with Gasteiger partial charge in [0, 0.05) is 30.9 Å². The van der Waals surface area contributed by atoms with Gasteiger partial charge in [0.25, 0.3) is 5.91 Å². The molecule has 1 amide bonds. The third-order valence-corrected chi connectivity index (χ3v) is 4.12. The first kappa shape index (κ1) is 20.5. The lowest BCUT2D eigenvalue weighted by atomic mass is 10.0. The highest BCUT2D eigenvalue weighted by Crippen LogP contribution is 2.15. The first-order valence-electron chi connectivity index (χ1n) is 7.71. The predicted molar refractivity (Wildman–Crippen MR) is 100 cm³/mol. The first-order chi connectivity index (χ1) is 10.9. The Morgan fingerprint density at radius 2 is 2.08 bits per heavy atom. The van der Waals surface area contributed by atoms with E-state index in [1.165, 1.54) is 0 Å². The molecule has 1 aromatic heterocycles. The molecule has 1 heterocycles. The number of nitrogens with two attached hydrogens (primary N) is 1. The van der Waals surface area contributed by atoms with Crippen molar-refractivity contribution in [2.45, 2.75) is 26.3 Å². The Morgan fingerprint density at radius 1 is 1.38 bits per heavy atom. The number of rotatable bonds is 6. The average molecular weight is 371 g/mol. The summed E-state index contributed by atoms with van der Waals surface area (Å²) >= 11 is 5.98. The number of hydrogen-bond donors (Lipinski definition) is 1. The molecule has 1 unspecified atom stereocenters. The molecule has 0 saturated carbocycles. The van der Waals surface area contributed by atoms with Crippen LogP contribution in [-0.4, -0.2) is 40.2 Å². The largest absolute Gasteiger partial charge is 0.340 e. The molecule has 1 atom stereocenters. The van der Waals surface area contributed by atoms with Crippen molar-refractivity contribution in [3.63, 3.8) is 0 Å². The van der Waals surface area contributed by atoms with Crippen LogP contribution in [0.3, 0.4) is 0 Å². The van der Waals surface area contributed by atoms with Gasteiger partial charge in [-0.15, -0.1) is 12.4 Å². The van der Waals surface area contributed by atoms with Crippen LogP contribution in [0.5, 0.6) is 0 Å². The van der Waals surface area contributed by atoms with E-state index in [-0.39, 0.29) is 24.4 Å². The van der Waals surface area contributed by atoms with E-state index in [9.17, 15) is 4.79 Å². The monoisotopic (exact) mass is 370 g/mol. The van der Waals surface area contributed by atoms with Crippen LogP contribution in [-0.2, 0) is 0 Å². The molecular formula is C17H24Cl2N4O. The van der Waals surface area contributed by atoms with E-state index in [4.69, 9.17) is 17.3 Å². The van der Waals surface area contributed by atoms with Crippen molar-refractivity contribution in [3.8, 4) is 5.69 Å². The molecule has 2 rings (SSSR count). The van der Waals surface area contributed by atoms with Crippen LogP contribution >= 0.6 is 24.0 Å². The van der Waals surface area contributed by atoms with Crippen LogP contribution in [0.2, 0.25) is 5.02 Å². The summed E-state index contributed by atoms with van der Waals surface area (Å²) in [5.74, 6) is 0.294. The quantitative estimate of drug-likeness (QED) is 0.847. The van der Waals surface area contributed by atoms with E-state index in [1.54, 1.807) is 41.0 Å². The number of carbonyl (C=O) groups is 1. The van der Waals surface area contributed by atoms with E-state index in [2.05, 4.69) is 18.9 Å². The predicted octanol–water partition coefficient (Wildman–Crippen LogP) is 3.39. The second-order valence-corrected chi connectivity index (χ2v) is 6.49. The van der Waals surface area contributed by atoms with Crippen LogP contribution in [0, 0.1) is 5.92 Å². The van der Waals surface area contributed by atoms with Crippen LogP contribution in [0.25, 0.3) is 5.69 Å². The Bertz CT molecular complexity index is 672. The molecule has 0 radical (unpaired) electrons. The maximum absolute atomic E-state index is 12.4. The second-order valence-electron chi connectivity index (χ2n) is 6.05. The zero-order valence-corrected chi connectivity index (χ0v) is 15.7. The molecule has 2 aromatic rings. The van der Waals surface area contributed by atoms with Crippen LogP contribution in [0.15, 0.2) is 36.5 Å². The maximum Gasteiger partial charge on any atom is 0.274 e. The molecule has 0 aliphatic rings. The Morgan fingerprint density at radius 3 is 2.71 bits per heavy atom. The number of benzene rings is 1. The van der Waals surface area contributed by atoms with Crippen molar-refractivity contribution in [2.24, 2.45) is 11.7 Å². The SMILES string of the molecule is CC(C)C(N)CCN(C)C(=O)c1ccn(-c2cccc(Cl)c2)n1.Cl. The molecule has 0 saturated heterocycles. The van der Waals surface area contributed by atoms with Gasteiger partial charge in [0.1, 0.15) is 0 Å². The fraction of sp³-hybridized carbons (Fsp3) is 0.412. The Labute approximate surface area is 154 Å². The highest BCUT2D eigenvalue weighted by Gasteiger charge is 2.17. The topological polar surface area (TPSA) is 64.2 Å². The highest BCUT2D eigenvalue weighted by molar-refractivity contribution is 6.30. The van der Waals surface area contributed by atoms with E-state index in [0.29, 0.717) is 23.2 Å². The van der Waals surface area contributed by atoms with Gasteiger partial charge in [-0.25, -0.2) is 4.68 Å². The summed E-state index contributed by atoms with van der Waals surface area (Å²) in [4.78, 5) is 14.1. The molecular weight excluding hydrogens is 347 g/mol. The molecule has 132 valence electrons. The van der Waals surface area contributed by atoms with Crippen LogP contribution in [0.1, 0.15) is 30.8 Å². The molecule has 0 aliphatic carbocycles. The van der Waals surface area contributed by atoms with Crippen molar-refractivity contribution in [3.05, 3.63) is 47.2 Å². The summed E-state index contributed by atoms with van der Waals surface area (Å²) in [6.45, 7) is 4.78. The lowest BCUT2D eigenvalue weighted by Crippen LogP contribution is -2.34. The summed E-state index contributed by atoms with van der Waals surface area (Å²) in [5, 5.41) is 4.97. The minimum Gasteiger partial charge on any atom is -0.340 e. The molecule has 0 spiro atoms. The van der Waals surface area contributed by atoms with E-state index in [0.717, 1.165) is 12.1 Å². The molecule has 5 nitrogen and oxygen atoms in total. The standard InChI is InChI=1S/C17H23ClN4O.ClH/c1-12(2)15(19)7-9-21(3)17(23)16-8-10-22(20-16)14-6-4-5-13(18)11-14;/h4-6,8,10-12,15H,7,9,19H2,1-3H3;1H. The van der Waals surface area contributed by atoms with Gasteiger partial charge in [-0.1, -0.05) is 31.5 Å². The maximum atomic E-state index is 12.4. The number of amides is 1. The molecule has 0 fully saturated rings. The number of nitrogens with zero attached hydrogens (tertiary/aromatic N) is 3. The summed E-state index contributed by atoms with van der Waals surface area (Å²) < 4.78 is 1.65. The van der Waals surface area contributed by atoms with E-state index < -0.39 is 0 Å². The van der Waals surface area contributed by atoms with Gasteiger partial charge in [-0.2, -0.15) is 5.10 Å². The fourth-order valence-corrected chi connectivity index (χ4v) is 2.36. The van der Waals surface area contributed by atoms with Gasteiger partial charge in [-0.05, 0) is 36.6 Å². The summed E-state index contributed by atoms with van der Waals surface area (Å²) in [6.07, 6.45) is 2.53. The molecule has 0 bridgehead atoms. The second kappa shape index (κ2) is 9.06. The molecule has 1 aromatic carbocycles. The van der Waals surface area contributed by atoms with Gasteiger partial charge < -0.3 is 10.6 Å². The van der Waals surface area contributed by atoms with Crippen molar-refractivity contribution in [1.29, 1.82) is 0 Å². The Balaban J connectivity index is 0.00000288. The lowest BCUT2D eigenvalue weighted by Gasteiger charge is -2.20. The minimum atomic E-state index is -0.110. The molecule has 24 heavy (non-hydrogen) atoms. The Kier molecular flexibility index (Phi) is 7.73. The average Bonchev–Trinajstić information content (AvgIpc) is 3.01. The van der Waals surface area contributed by atoms with Gasteiger partial charge in [0.2, 0.25) is 0 Å². The summed E-state index contributed by atoms with van der Waals surface area (Å²) in [7, 11) is 1.77. The molecule has 7 heteroatoms. The first-order valence-corrected chi connectivity index (χ1v) is 8.09. The zero-order chi connectivity index (χ0) is 17.0. The van der Waals surface area contributed by atoms with Crippen LogP contribution < -0.4 is 5.73 Å². The third-order valence-electron chi connectivity index (χ3n) is 3.88. The number of halogens is 2. The number of hydrogen-bond acceptors (Lipinski definition) is 3. The smallest absolute Gasteiger partial charge is 0.274 e. The van der Waals surface area contributed by atoms with Gasteiger partial charge in [0.05, 0.1) is 5.69 Å². The van der Waals surface area contributed by atoms with Gasteiger partial charge >= 0.3 is 0 Å². The third kappa shape index (κ3) is 5.23. The minimum absolute atomic E-state index is 0. The zero-order valence-electron chi connectivity index (χ0n) is 14.1. The molecule has 0 aliphatic heterocycles. The van der Waals surface area contributed by atoms with Gasteiger partial charge in [0.15, 0.2) is 5.69 Å². The highest BCUT2D eigenvalue weighted by atomic mass is 35.5. The lowest BCUT2D eigenvalue weighted by molar-refractivity contribution is 0.0783. The number of carbonyl (C=O) groups excluding carboxylic acids is 1. The fourth-order valence-electron chi connectivity index (χ4n) is 2.17. The van der Waals surface area contributed by atoms with Gasteiger partial charge in [-0.3, -0.25) is 4.79 Å².